The van der Waals surface area contributed by atoms with Crippen LogP contribution in [0.3, 0.4) is 0 Å². The summed E-state index contributed by atoms with van der Waals surface area (Å²) in [6.45, 7) is 0.340. The van der Waals surface area contributed by atoms with Crippen LogP contribution in [0.2, 0.25) is 0 Å². The zero-order valence-corrected chi connectivity index (χ0v) is 14.9. The van der Waals surface area contributed by atoms with Gasteiger partial charge in [0, 0.05) is 26.3 Å². The summed E-state index contributed by atoms with van der Waals surface area (Å²) < 4.78 is 48.9. The van der Waals surface area contributed by atoms with E-state index in [0.29, 0.717) is 29.5 Å². The number of anilines is 1. The third kappa shape index (κ3) is 3.59. The molecule has 12 heteroatoms. The van der Waals surface area contributed by atoms with Gasteiger partial charge in [-0.3, -0.25) is 18.5 Å². The van der Waals surface area contributed by atoms with E-state index in [4.69, 9.17) is 5.73 Å². The van der Waals surface area contributed by atoms with Crippen molar-refractivity contribution in [2.24, 2.45) is 5.73 Å². The highest BCUT2D eigenvalue weighted by Gasteiger charge is 2.31. The van der Waals surface area contributed by atoms with Crippen molar-refractivity contribution in [2.75, 3.05) is 22.7 Å². The van der Waals surface area contributed by atoms with E-state index in [2.05, 4.69) is 4.98 Å². The van der Waals surface area contributed by atoms with Crippen LogP contribution in [0.25, 0.3) is 0 Å². The van der Waals surface area contributed by atoms with Crippen molar-refractivity contribution in [1.82, 2.24) is 9.55 Å². The molecule has 1 aromatic rings. The summed E-state index contributed by atoms with van der Waals surface area (Å²) in [4.78, 5) is 28.3. The topological polar surface area (TPSA) is 149 Å². The first-order valence-corrected chi connectivity index (χ1v) is 10.7. The molecule has 0 unspecified atom stereocenters. The maximum Gasteiger partial charge on any atom is 0.278 e. The van der Waals surface area contributed by atoms with Gasteiger partial charge in [-0.25, -0.2) is 21.8 Å². The van der Waals surface area contributed by atoms with Gasteiger partial charge in [0.25, 0.3) is 11.5 Å². The van der Waals surface area contributed by atoms with Crippen molar-refractivity contribution in [1.29, 1.82) is 0 Å². The molecule has 0 aliphatic carbocycles. The Bertz CT molecular complexity index is 948. The molecule has 1 aliphatic rings. The number of hydrogen-bond donors (Lipinski definition) is 1. The number of aryl methyl sites for hydroxylation is 1. The number of aromatic nitrogens is 2. The van der Waals surface area contributed by atoms with Crippen LogP contribution in [-0.4, -0.2) is 50.7 Å². The SMILES string of the molecule is CN(c1c(C(N)=O)nc2n(c1=O)CCCC2)S(=O)(=O)CS(C)(=O)=O. The molecular weight excluding hydrogens is 360 g/mol. The molecule has 0 spiro atoms. The third-order valence-corrected chi connectivity index (χ3v) is 7.51. The van der Waals surface area contributed by atoms with Crippen LogP contribution in [0.1, 0.15) is 29.2 Å². The molecule has 0 aromatic carbocycles. The molecule has 2 rings (SSSR count). The molecule has 1 amide bonds. The van der Waals surface area contributed by atoms with E-state index in [1.165, 1.54) is 4.57 Å². The van der Waals surface area contributed by atoms with Crippen LogP contribution in [0.5, 0.6) is 0 Å². The second-order valence-corrected chi connectivity index (χ2v) is 10.1. The highest BCUT2D eigenvalue weighted by Crippen LogP contribution is 2.20. The summed E-state index contributed by atoms with van der Waals surface area (Å²) in [5, 5.41) is -1.20. The van der Waals surface area contributed by atoms with Crippen molar-refractivity contribution < 1.29 is 21.6 Å². The molecule has 0 saturated carbocycles. The second kappa shape index (κ2) is 6.16. The summed E-state index contributed by atoms with van der Waals surface area (Å²) in [5.41, 5.74) is 3.50. The summed E-state index contributed by atoms with van der Waals surface area (Å²) in [6.07, 6.45) is 2.72. The van der Waals surface area contributed by atoms with Crippen molar-refractivity contribution in [3.05, 3.63) is 21.9 Å². The molecule has 1 aromatic heterocycles. The predicted octanol–water partition coefficient (Wildman–Crippen LogP) is -1.55. The molecule has 24 heavy (non-hydrogen) atoms. The Hall–Kier alpha value is -1.95. The molecule has 0 radical (unpaired) electrons. The summed E-state index contributed by atoms with van der Waals surface area (Å²) in [6, 6.07) is 0. The number of sulfonamides is 1. The zero-order chi connectivity index (χ0) is 18.3. The fraction of sp³-hybridized carbons (Fsp3) is 0.583. The fourth-order valence-corrected chi connectivity index (χ4v) is 5.75. The average molecular weight is 378 g/mol. The van der Waals surface area contributed by atoms with E-state index in [-0.39, 0.29) is 0 Å². The predicted molar refractivity (Wildman–Crippen MR) is 87.0 cm³/mol. The highest BCUT2D eigenvalue weighted by molar-refractivity contribution is 8.08. The van der Waals surface area contributed by atoms with Gasteiger partial charge in [0.05, 0.1) is 0 Å². The van der Waals surface area contributed by atoms with Gasteiger partial charge in [0.15, 0.2) is 20.6 Å². The second-order valence-electron chi connectivity index (χ2n) is 5.63. The lowest BCUT2D eigenvalue weighted by Crippen LogP contribution is -2.41. The molecule has 0 bridgehead atoms. The zero-order valence-electron chi connectivity index (χ0n) is 13.2. The van der Waals surface area contributed by atoms with Gasteiger partial charge in [-0.15, -0.1) is 0 Å². The van der Waals surface area contributed by atoms with Gasteiger partial charge in [0.1, 0.15) is 11.5 Å². The van der Waals surface area contributed by atoms with Crippen molar-refractivity contribution >= 4 is 31.5 Å². The number of amides is 1. The van der Waals surface area contributed by atoms with Crippen molar-refractivity contribution in [3.8, 4) is 0 Å². The van der Waals surface area contributed by atoms with Crippen LogP contribution < -0.4 is 15.6 Å². The largest absolute Gasteiger partial charge is 0.364 e. The molecule has 2 N–H and O–H groups in total. The number of nitrogens with two attached hydrogens (primary N) is 1. The lowest BCUT2D eigenvalue weighted by atomic mass is 10.1. The minimum absolute atomic E-state index is 0.340. The van der Waals surface area contributed by atoms with Gasteiger partial charge in [-0.05, 0) is 12.8 Å². The molecule has 10 nitrogen and oxygen atoms in total. The molecular formula is C12H18N4O6S2. The standard InChI is InChI=1S/C12H18N4O6S2/c1-15(24(21,22)7-23(2,19)20)10-9(11(13)17)14-8-5-3-4-6-16(8)12(10)18/h3-7H2,1-2H3,(H2,13,17). The molecule has 1 aliphatic heterocycles. The lowest BCUT2D eigenvalue weighted by molar-refractivity contribution is 0.0995. The van der Waals surface area contributed by atoms with Gasteiger partial charge in [-0.1, -0.05) is 0 Å². The van der Waals surface area contributed by atoms with Crippen molar-refractivity contribution in [3.63, 3.8) is 0 Å². The first-order chi connectivity index (χ1) is 10.9. The number of fused-ring (bicyclic) bond motifs is 1. The number of hydrogen-bond acceptors (Lipinski definition) is 7. The van der Waals surface area contributed by atoms with Gasteiger partial charge in [-0.2, -0.15) is 0 Å². The van der Waals surface area contributed by atoms with E-state index >= 15 is 0 Å². The van der Waals surface area contributed by atoms with E-state index in [1.54, 1.807) is 0 Å². The summed E-state index contributed by atoms with van der Waals surface area (Å²) >= 11 is 0. The average Bonchev–Trinajstić information content (AvgIpc) is 2.44. The van der Waals surface area contributed by atoms with Gasteiger partial charge in [0.2, 0.25) is 10.0 Å². The first-order valence-electron chi connectivity index (χ1n) is 7.02. The lowest BCUT2D eigenvalue weighted by Gasteiger charge is -2.24. The van der Waals surface area contributed by atoms with Gasteiger partial charge >= 0.3 is 0 Å². The Balaban J connectivity index is 2.69. The van der Waals surface area contributed by atoms with Gasteiger partial charge < -0.3 is 5.73 Å². The smallest absolute Gasteiger partial charge is 0.278 e. The number of sulfone groups is 1. The Morgan fingerprint density at radius 1 is 1.29 bits per heavy atom. The Morgan fingerprint density at radius 3 is 2.46 bits per heavy atom. The normalized spacial score (nSPS) is 14.9. The van der Waals surface area contributed by atoms with E-state index < -0.39 is 47.8 Å². The van der Waals surface area contributed by atoms with Crippen molar-refractivity contribution in [2.45, 2.75) is 25.8 Å². The summed E-state index contributed by atoms with van der Waals surface area (Å²) in [5.74, 6) is -0.699. The Kier molecular flexibility index (Phi) is 4.72. The maximum absolute atomic E-state index is 12.7. The minimum Gasteiger partial charge on any atom is -0.364 e. The van der Waals surface area contributed by atoms with Crippen LogP contribution >= 0.6 is 0 Å². The monoisotopic (exact) mass is 378 g/mol. The van der Waals surface area contributed by atoms with E-state index in [0.717, 1.165) is 19.7 Å². The molecule has 2 heterocycles. The Morgan fingerprint density at radius 2 is 1.92 bits per heavy atom. The molecule has 0 saturated heterocycles. The number of nitrogens with zero attached hydrogens (tertiary/aromatic N) is 3. The third-order valence-electron chi connectivity index (χ3n) is 3.59. The fourth-order valence-electron chi connectivity index (χ4n) is 2.51. The number of primary amides is 1. The van der Waals surface area contributed by atoms with E-state index in [9.17, 15) is 26.4 Å². The number of carbonyl (C=O) groups is 1. The maximum atomic E-state index is 12.7. The number of carbonyl (C=O) groups excluding carboxylic acids is 1. The highest BCUT2D eigenvalue weighted by atomic mass is 32.3. The summed E-state index contributed by atoms with van der Waals surface area (Å²) in [7, 11) is -7.26. The first kappa shape index (κ1) is 18.4. The van der Waals surface area contributed by atoms with E-state index in [1.807, 2.05) is 0 Å². The van der Waals surface area contributed by atoms with Crippen LogP contribution in [0, 0.1) is 0 Å². The number of rotatable bonds is 5. The van der Waals surface area contributed by atoms with Crippen LogP contribution in [-0.2, 0) is 32.8 Å². The van der Waals surface area contributed by atoms with Crippen LogP contribution in [0.4, 0.5) is 5.69 Å². The minimum atomic E-state index is -4.39. The van der Waals surface area contributed by atoms with Crippen LogP contribution in [0.15, 0.2) is 4.79 Å². The Labute approximate surface area is 139 Å². The molecule has 0 atom stereocenters. The molecule has 0 fully saturated rings. The molecule has 134 valence electrons. The quantitative estimate of drug-likeness (QED) is 0.651.